The minimum atomic E-state index is -4.52. The van der Waals surface area contributed by atoms with E-state index in [1.54, 1.807) is 0 Å². The minimum absolute atomic E-state index is 0.0454. The third kappa shape index (κ3) is 48.1. The third-order valence-corrected chi connectivity index (χ3v) is 12.3. The number of carbonyl (C=O) groups excluding carboxylic acids is 1. The lowest BCUT2D eigenvalue weighted by molar-refractivity contribution is -0.154. The molecule has 0 amide bonds. The molecule has 0 aliphatic carbocycles. The smallest absolute Gasteiger partial charge is 0.457 e. The molecular formula is C52H99O9P. The van der Waals surface area contributed by atoms with E-state index in [1.807, 2.05) is 0 Å². The molecule has 0 saturated carbocycles. The fourth-order valence-corrected chi connectivity index (χ4v) is 8.15. The van der Waals surface area contributed by atoms with E-state index in [1.165, 1.54) is 167 Å². The van der Waals surface area contributed by atoms with Crippen LogP contribution in [0, 0.1) is 0 Å². The molecule has 0 saturated heterocycles. The van der Waals surface area contributed by atoms with Gasteiger partial charge in [-0.15, -0.1) is 0 Å². The summed E-state index contributed by atoms with van der Waals surface area (Å²) in [5, 5.41) is 18.4. The van der Waals surface area contributed by atoms with Gasteiger partial charge in [-0.25, -0.2) is 4.57 Å². The summed E-state index contributed by atoms with van der Waals surface area (Å²) in [4.78, 5) is 22.7. The van der Waals surface area contributed by atoms with Gasteiger partial charge in [-0.1, -0.05) is 224 Å². The van der Waals surface area contributed by atoms with Gasteiger partial charge in [0, 0.05) is 13.0 Å². The number of esters is 1. The number of ether oxygens (including phenoxy) is 2. The van der Waals surface area contributed by atoms with Crippen molar-refractivity contribution in [3.8, 4) is 0 Å². The number of hydrogen-bond donors (Lipinski definition) is 3. The summed E-state index contributed by atoms with van der Waals surface area (Å²) in [6.07, 6.45) is 55.4. The van der Waals surface area contributed by atoms with E-state index in [9.17, 15) is 19.4 Å². The zero-order valence-corrected chi connectivity index (χ0v) is 41.2. The quantitative estimate of drug-likeness (QED) is 0.0236. The van der Waals surface area contributed by atoms with Gasteiger partial charge < -0.3 is 24.6 Å². The number of aliphatic hydroxyl groups is 2. The first-order chi connectivity index (χ1) is 30.3. The summed E-state index contributed by atoms with van der Waals surface area (Å²) in [5.41, 5.74) is 0. The lowest BCUT2D eigenvalue weighted by Crippen LogP contribution is -2.29. The standard InChI is InChI=1S/C52H99O9P/c1-3-5-7-9-11-13-15-17-19-21-23-25-26-28-30-32-34-36-38-40-42-44-52(55)61-51(49-60-62(56,57)59-47-50(54)46-53)48-58-45-43-41-39-37-35-33-31-29-27-24-22-20-18-16-14-12-10-8-6-4-2/h12,14,18,20,24,27,50-51,53-54H,3-11,13,15-17,19,21-23,25-26,28-49H2,1-2H3,(H,56,57)/b14-12-,20-18-,27-24-. The van der Waals surface area contributed by atoms with Gasteiger partial charge in [0.1, 0.15) is 12.2 Å². The Bertz CT molecular complexity index is 1060. The summed E-state index contributed by atoms with van der Waals surface area (Å²) in [6, 6.07) is 0. The molecule has 0 aliphatic rings. The fraction of sp³-hybridized carbons (Fsp3) is 0.865. The van der Waals surface area contributed by atoms with Crippen molar-refractivity contribution in [1.29, 1.82) is 0 Å². The first-order valence-corrected chi connectivity index (χ1v) is 27.5. The van der Waals surface area contributed by atoms with E-state index in [0.717, 1.165) is 57.8 Å². The van der Waals surface area contributed by atoms with Crippen molar-refractivity contribution in [2.24, 2.45) is 0 Å². The number of aliphatic hydroxyl groups excluding tert-OH is 2. The molecule has 10 heteroatoms. The molecule has 62 heavy (non-hydrogen) atoms. The van der Waals surface area contributed by atoms with E-state index in [0.29, 0.717) is 6.61 Å². The molecule has 0 aromatic rings. The minimum Gasteiger partial charge on any atom is -0.457 e. The van der Waals surface area contributed by atoms with Gasteiger partial charge in [-0.05, 0) is 51.4 Å². The molecule has 366 valence electrons. The maximum atomic E-state index is 12.7. The van der Waals surface area contributed by atoms with E-state index in [4.69, 9.17) is 23.6 Å². The number of phosphoric acid groups is 1. The predicted molar refractivity (Wildman–Crippen MR) is 261 cm³/mol. The zero-order valence-electron chi connectivity index (χ0n) is 40.3. The van der Waals surface area contributed by atoms with E-state index < -0.39 is 33.2 Å². The molecule has 0 spiro atoms. The van der Waals surface area contributed by atoms with Crippen LogP contribution in [0.4, 0.5) is 0 Å². The molecule has 0 fully saturated rings. The molecule has 0 aliphatic heterocycles. The summed E-state index contributed by atoms with van der Waals surface area (Å²) in [5.74, 6) is -0.381. The average Bonchev–Trinajstić information content (AvgIpc) is 3.26. The van der Waals surface area contributed by atoms with Crippen LogP contribution in [0.15, 0.2) is 36.5 Å². The number of unbranched alkanes of at least 4 members (excludes halogenated alkanes) is 30. The molecule has 0 aromatic heterocycles. The Morgan fingerprint density at radius 1 is 0.500 bits per heavy atom. The van der Waals surface area contributed by atoms with Crippen molar-refractivity contribution in [1.82, 2.24) is 0 Å². The Kier molecular flexibility index (Phi) is 48.1. The second-order valence-electron chi connectivity index (χ2n) is 17.5. The molecule has 0 bridgehead atoms. The average molecular weight is 899 g/mol. The number of allylic oxidation sites excluding steroid dienone is 6. The molecule has 0 radical (unpaired) electrons. The normalized spacial score (nSPS) is 14.1. The van der Waals surface area contributed by atoms with Gasteiger partial charge in [0.25, 0.3) is 0 Å². The van der Waals surface area contributed by atoms with Crippen LogP contribution in [0.25, 0.3) is 0 Å². The number of rotatable bonds is 50. The van der Waals surface area contributed by atoms with Crippen LogP contribution in [0.5, 0.6) is 0 Å². The number of carbonyl (C=O) groups is 1. The van der Waals surface area contributed by atoms with Crippen LogP contribution < -0.4 is 0 Å². The van der Waals surface area contributed by atoms with Crippen LogP contribution in [-0.2, 0) is 27.9 Å². The molecule has 3 unspecified atom stereocenters. The predicted octanol–water partition coefficient (Wildman–Crippen LogP) is 15.2. The summed E-state index contributed by atoms with van der Waals surface area (Å²) in [6.45, 7) is 3.52. The summed E-state index contributed by atoms with van der Waals surface area (Å²) < 4.78 is 33.5. The van der Waals surface area contributed by atoms with Crippen molar-refractivity contribution in [3.63, 3.8) is 0 Å². The largest absolute Gasteiger partial charge is 0.472 e. The highest BCUT2D eigenvalue weighted by Crippen LogP contribution is 2.43. The highest BCUT2D eigenvalue weighted by Gasteiger charge is 2.26. The maximum absolute atomic E-state index is 12.7. The van der Waals surface area contributed by atoms with Gasteiger partial charge in [0.2, 0.25) is 0 Å². The van der Waals surface area contributed by atoms with Gasteiger partial charge in [0.15, 0.2) is 0 Å². The third-order valence-electron chi connectivity index (χ3n) is 11.3. The van der Waals surface area contributed by atoms with Crippen molar-refractivity contribution >= 4 is 13.8 Å². The van der Waals surface area contributed by atoms with Crippen molar-refractivity contribution in [2.75, 3.05) is 33.0 Å². The Hall–Kier alpha value is -1.32. The molecular weight excluding hydrogens is 800 g/mol. The van der Waals surface area contributed by atoms with Crippen molar-refractivity contribution < 1.29 is 43.0 Å². The maximum Gasteiger partial charge on any atom is 0.472 e. The Morgan fingerprint density at radius 3 is 1.34 bits per heavy atom. The zero-order chi connectivity index (χ0) is 45.3. The molecule has 0 rings (SSSR count). The summed E-state index contributed by atoms with van der Waals surface area (Å²) >= 11 is 0. The van der Waals surface area contributed by atoms with Crippen LogP contribution in [0.2, 0.25) is 0 Å². The monoisotopic (exact) mass is 899 g/mol. The van der Waals surface area contributed by atoms with Crippen molar-refractivity contribution in [2.45, 2.75) is 257 Å². The van der Waals surface area contributed by atoms with Gasteiger partial charge in [-0.3, -0.25) is 13.8 Å². The van der Waals surface area contributed by atoms with Crippen molar-refractivity contribution in [3.05, 3.63) is 36.5 Å². The van der Waals surface area contributed by atoms with E-state index in [2.05, 4.69) is 50.3 Å². The second kappa shape index (κ2) is 49.1. The summed E-state index contributed by atoms with van der Waals surface area (Å²) in [7, 11) is -4.52. The molecule has 9 nitrogen and oxygen atoms in total. The van der Waals surface area contributed by atoms with E-state index >= 15 is 0 Å². The molecule has 3 atom stereocenters. The van der Waals surface area contributed by atoms with Gasteiger partial charge >= 0.3 is 13.8 Å². The van der Waals surface area contributed by atoms with Crippen LogP contribution in [0.3, 0.4) is 0 Å². The molecule has 3 N–H and O–H groups in total. The Labute approximate surface area is 382 Å². The van der Waals surface area contributed by atoms with Crippen LogP contribution in [-0.4, -0.2) is 66.3 Å². The first-order valence-electron chi connectivity index (χ1n) is 26.0. The van der Waals surface area contributed by atoms with E-state index in [-0.39, 0.29) is 25.6 Å². The fourth-order valence-electron chi connectivity index (χ4n) is 7.36. The Balaban J connectivity index is 4.07. The number of phosphoric ester groups is 1. The van der Waals surface area contributed by atoms with Crippen LogP contribution >= 0.6 is 7.82 Å². The topological polar surface area (TPSA) is 132 Å². The lowest BCUT2D eigenvalue weighted by Gasteiger charge is -2.20. The van der Waals surface area contributed by atoms with Gasteiger partial charge in [0.05, 0.1) is 26.4 Å². The second-order valence-corrected chi connectivity index (χ2v) is 19.0. The van der Waals surface area contributed by atoms with Gasteiger partial charge in [-0.2, -0.15) is 0 Å². The molecule has 0 heterocycles. The first kappa shape index (κ1) is 60.7. The highest BCUT2D eigenvalue weighted by molar-refractivity contribution is 7.47. The van der Waals surface area contributed by atoms with Crippen LogP contribution in [0.1, 0.15) is 245 Å². The highest BCUT2D eigenvalue weighted by atomic mass is 31.2. The SMILES string of the molecule is CCCCC/C=C\C/C=C\C/C=C\CCCCCCCCCOCC(COP(=O)(O)OCC(O)CO)OC(=O)CCCCCCCCCCCCCCCCCCCCCCC. The number of hydrogen-bond acceptors (Lipinski definition) is 8. The Morgan fingerprint density at radius 2 is 0.871 bits per heavy atom. The molecule has 0 aromatic carbocycles. The lowest BCUT2D eigenvalue weighted by atomic mass is 10.0.